The molecule has 0 unspecified atom stereocenters. The SMILES string of the molecule is CC(C)c1ccc2c(N(C)C)nn(C)c2c1. The van der Waals surface area contributed by atoms with Gasteiger partial charge in [-0.1, -0.05) is 19.9 Å². The van der Waals surface area contributed by atoms with Crippen molar-refractivity contribution < 1.29 is 0 Å². The van der Waals surface area contributed by atoms with Gasteiger partial charge in [-0.25, -0.2) is 0 Å². The summed E-state index contributed by atoms with van der Waals surface area (Å²) in [6.07, 6.45) is 0. The molecular formula is C13H19N3. The standard InChI is InChI=1S/C13H19N3/c1-9(2)10-6-7-11-12(8-10)16(5)14-13(11)15(3)4/h6-9H,1-5H3. The van der Waals surface area contributed by atoms with E-state index in [0.717, 1.165) is 5.82 Å². The molecule has 1 aromatic heterocycles. The normalized spacial score (nSPS) is 11.4. The number of nitrogens with zero attached hydrogens (tertiary/aromatic N) is 3. The highest BCUT2D eigenvalue weighted by atomic mass is 15.3. The van der Waals surface area contributed by atoms with Crippen molar-refractivity contribution in [3.05, 3.63) is 23.8 Å². The molecule has 3 nitrogen and oxygen atoms in total. The minimum absolute atomic E-state index is 0.558. The fourth-order valence-corrected chi connectivity index (χ4v) is 1.94. The molecule has 0 fully saturated rings. The summed E-state index contributed by atoms with van der Waals surface area (Å²) in [5.74, 6) is 1.59. The smallest absolute Gasteiger partial charge is 0.158 e. The summed E-state index contributed by atoms with van der Waals surface area (Å²) >= 11 is 0. The van der Waals surface area contributed by atoms with Crippen LogP contribution >= 0.6 is 0 Å². The zero-order chi connectivity index (χ0) is 11.9. The zero-order valence-electron chi connectivity index (χ0n) is 10.7. The molecule has 0 saturated carbocycles. The number of aryl methyl sites for hydroxylation is 1. The summed E-state index contributed by atoms with van der Waals surface area (Å²) < 4.78 is 1.95. The van der Waals surface area contributed by atoms with Crippen LogP contribution in [0.15, 0.2) is 18.2 Å². The molecule has 16 heavy (non-hydrogen) atoms. The van der Waals surface area contributed by atoms with Crippen LogP contribution in [0, 0.1) is 0 Å². The van der Waals surface area contributed by atoms with Crippen LogP contribution in [0.25, 0.3) is 10.9 Å². The maximum Gasteiger partial charge on any atom is 0.158 e. The molecule has 0 bridgehead atoms. The number of benzene rings is 1. The Morgan fingerprint density at radius 2 is 1.94 bits per heavy atom. The van der Waals surface area contributed by atoms with E-state index in [1.807, 2.05) is 25.8 Å². The topological polar surface area (TPSA) is 21.1 Å². The van der Waals surface area contributed by atoms with Crippen molar-refractivity contribution in [3.63, 3.8) is 0 Å². The lowest BCUT2D eigenvalue weighted by Gasteiger charge is -2.09. The van der Waals surface area contributed by atoms with Gasteiger partial charge in [0.15, 0.2) is 5.82 Å². The molecule has 0 saturated heterocycles. The minimum Gasteiger partial charge on any atom is -0.361 e. The number of rotatable bonds is 2. The summed E-state index contributed by atoms with van der Waals surface area (Å²) in [4.78, 5) is 2.05. The van der Waals surface area contributed by atoms with Crippen LogP contribution < -0.4 is 4.90 Å². The lowest BCUT2D eigenvalue weighted by Crippen LogP contribution is -2.09. The molecule has 0 atom stereocenters. The Hall–Kier alpha value is -1.51. The summed E-state index contributed by atoms with van der Waals surface area (Å²) in [6, 6.07) is 6.61. The van der Waals surface area contributed by atoms with Gasteiger partial charge in [-0.05, 0) is 23.6 Å². The van der Waals surface area contributed by atoms with Crippen molar-refractivity contribution in [2.75, 3.05) is 19.0 Å². The molecular weight excluding hydrogens is 198 g/mol. The molecule has 0 aliphatic carbocycles. The van der Waals surface area contributed by atoms with Gasteiger partial charge in [0.05, 0.1) is 5.52 Å². The van der Waals surface area contributed by atoms with Crippen molar-refractivity contribution in [3.8, 4) is 0 Å². The molecule has 2 aromatic rings. The third-order valence-electron chi connectivity index (χ3n) is 2.95. The first-order valence-corrected chi connectivity index (χ1v) is 5.64. The van der Waals surface area contributed by atoms with Crippen molar-refractivity contribution in [1.29, 1.82) is 0 Å². The Bertz CT molecular complexity index is 509. The summed E-state index contributed by atoms with van der Waals surface area (Å²) in [5.41, 5.74) is 2.57. The molecule has 0 spiro atoms. The second kappa shape index (κ2) is 3.81. The van der Waals surface area contributed by atoms with Gasteiger partial charge in [-0.2, -0.15) is 5.10 Å². The van der Waals surface area contributed by atoms with Crippen LogP contribution in [-0.4, -0.2) is 23.9 Å². The number of hydrogen-bond donors (Lipinski definition) is 0. The highest BCUT2D eigenvalue weighted by Crippen LogP contribution is 2.27. The first-order valence-electron chi connectivity index (χ1n) is 5.64. The molecule has 1 aromatic carbocycles. The van der Waals surface area contributed by atoms with Crippen LogP contribution in [0.3, 0.4) is 0 Å². The molecule has 0 aliphatic rings. The van der Waals surface area contributed by atoms with Crippen molar-refractivity contribution >= 4 is 16.7 Å². The molecule has 0 aliphatic heterocycles. The van der Waals surface area contributed by atoms with Gasteiger partial charge in [0.1, 0.15) is 0 Å². The molecule has 3 heteroatoms. The van der Waals surface area contributed by atoms with Gasteiger partial charge in [0.25, 0.3) is 0 Å². The highest BCUT2D eigenvalue weighted by Gasteiger charge is 2.11. The fourth-order valence-electron chi connectivity index (χ4n) is 1.94. The van der Waals surface area contributed by atoms with E-state index in [0.29, 0.717) is 5.92 Å². The largest absolute Gasteiger partial charge is 0.361 e. The molecule has 86 valence electrons. The van der Waals surface area contributed by atoms with Crippen LogP contribution in [-0.2, 0) is 7.05 Å². The van der Waals surface area contributed by atoms with E-state index in [9.17, 15) is 0 Å². The molecule has 0 radical (unpaired) electrons. The maximum absolute atomic E-state index is 4.53. The van der Waals surface area contributed by atoms with Crippen LogP contribution in [0.4, 0.5) is 5.82 Å². The second-order valence-electron chi connectivity index (χ2n) is 4.77. The monoisotopic (exact) mass is 217 g/mol. The number of anilines is 1. The Labute approximate surface area is 96.7 Å². The summed E-state index contributed by atoms with van der Waals surface area (Å²) in [5, 5.41) is 5.75. The van der Waals surface area contributed by atoms with Gasteiger partial charge in [-0.3, -0.25) is 4.68 Å². The molecule has 0 amide bonds. The van der Waals surface area contributed by atoms with Crippen LogP contribution in [0.2, 0.25) is 0 Å². The van der Waals surface area contributed by atoms with Gasteiger partial charge in [-0.15, -0.1) is 0 Å². The third kappa shape index (κ3) is 1.66. The fraction of sp³-hybridized carbons (Fsp3) is 0.462. The summed E-state index contributed by atoms with van der Waals surface area (Å²) in [7, 11) is 6.05. The Balaban J connectivity index is 2.67. The zero-order valence-corrected chi connectivity index (χ0v) is 10.7. The predicted octanol–water partition coefficient (Wildman–Crippen LogP) is 2.76. The first kappa shape index (κ1) is 11.0. The van der Waals surface area contributed by atoms with Crippen molar-refractivity contribution in [2.24, 2.45) is 7.05 Å². The van der Waals surface area contributed by atoms with E-state index in [1.54, 1.807) is 0 Å². The Kier molecular flexibility index (Phi) is 2.62. The average molecular weight is 217 g/mol. The van der Waals surface area contributed by atoms with Crippen LogP contribution in [0.1, 0.15) is 25.3 Å². The predicted molar refractivity (Wildman–Crippen MR) is 69.1 cm³/mol. The van der Waals surface area contributed by atoms with Gasteiger partial charge >= 0.3 is 0 Å². The highest BCUT2D eigenvalue weighted by molar-refractivity contribution is 5.91. The summed E-state index contributed by atoms with van der Waals surface area (Å²) in [6.45, 7) is 4.43. The van der Waals surface area contributed by atoms with Crippen LogP contribution in [0.5, 0.6) is 0 Å². The van der Waals surface area contributed by atoms with E-state index in [-0.39, 0.29) is 0 Å². The number of aromatic nitrogens is 2. The quantitative estimate of drug-likeness (QED) is 0.771. The van der Waals surface area contributed by atoms with Crippen molar-refractivity contribution in [2.45, 2.75) is 19.8 Å². The Morgan fingerprint density at radius 3 is 2.50 bits per heavy atom. The maximum atomic E-state index is 4.53. The number of fused-ring (bicyclic) bond motifs is 1. The van der Waals surface area contributed by atoms with Gasteiger partial charge < -0.3 is 4.90 Å². The Morgan fingerprint density at radius 1 is 1.25 bits per heavy atom. The van der Waals surface area contributed by atoms with E-state index >= 15 is 0 Å². The molecule has 2 rings (SSSR count). The van der Waals surface area contributed by atoms with Gasteiger partial charge in [0.2, 0.25) is 0 Å². The lowest BCUT2D eigenvalue weighted by molar-refractivity contribution is 0.787. The average Bonchev–Trinajstić information content (AvgIpc) is 2.56. The van der Waals surface area contributed by atoms with E-state index in [4.69, 9.17) is 0 Å². The third-order valence-corrected chi connectivity index (χ3v) is 2.95. The minimum atomic E-state index is 0.558. The molecule has 0 N–H and O–H groups in total. The van der Waals surface area contributed by atoms with E-state index in [1.165, 1.54) is 16.5 Å². The van der Waals surface area contributed by atoms with Gasteiger partial charge in [0, 0.05) is 26.5 Å². The number of hydrogen-bond acceptors (Lipinski definition) is 2. The first-order chi connectivity index (χ1) is 7.50. The van der Waals surface area contributed by atoms with E-state index < -0.39 is 0 Å². The van der Waals surface area contributed by atoms with E-state index in [2.05, 4.69) is 42.0 Å². The molecule has 1 heterocycles. The lowest BCUT2D eigenvalue weighted by atomic mass is 10.0. The van der Waals surface area contributed by atoms with Crippen molar-refractivity contribution in [1.82, 2.24) is 9.78 Å². The second-order valence-corrected chi connectivity index (χ2v) is 4.77.